The van der Waals surface area contributed by atoms with E-state index in [0.717, 1.165) is 0 Å². The highest BCUT2D eigenvalue weighted by atomic mass is 16.5. The van der Waals surface area contributed by atoms with Crippen LogP contribution in [0.15, 0.2) is 0 Å². The van der Waals surface area contributed by atoms with Gasteiger partial charge in [0, 0.05) is 13.1 Å². The Morgan fingerprint density at radius 1 is 1.46 bits per heavy atom. The Morgan fingerprint density at radius 2 is 2.08 bits per heavy atom. The van der Waals surface area contributed by atoms with Gasteiger partial charge < -0.3 is 15.4 Å². The van der Waals surface area contributed by atoms with E-state index in [0.29, 0.717) is 19.7 Å². The number of rotatable bonds is 0. The van der Waals surface area contributed by atoms with E-state index in [1.807, 2.05) is 13.8 Å². The van der Waals surface area contributed by atoms with Crippen molar-refractivity contribution in [1.29, 1.82) is 0 Å². The van der Waals surface area contributed by atoms with Crippen LogP contribution in [0, 0.1) is 0 Å². The van der Waals surface area contributed by atoms with Gasteiger partial charge in [0.2, 0.25) is 0 Å². The van der Waals surface area contributed by atoms with Crippen molar-refractivity contribution in [2.45, 2.75) is 19.4 Å². The molecular formula is C8H14N2O3. The van der Waals surface area contributed by atoms with E-state index >= 15 is 0 Å². The van der Waals surface area contributed by atoms with Crippen molar-refractivity contribution < 1.29 is 14.3 Å². The Hall–Kier alpha value is -1.10. The summed E-state index contributed by atoms with van der Waals surface area (Å²) in [6, 6.07) is 0. The van der Waals surface area contributed by atoms with Crippen LogP contribution in [-0.2, 0) is 14.3 Å². The smallest absolute Gasteiger partial charge is 0.311 e. The molecule has 0 radical (unpaired) electrons. The second kappa shape index (κ2) is 3.33. The van der Waals surface area contributed by atoms with Gasteiger partial charge in [-0.3, -0.25) is 9.59 Å². The number of primary amides is 1. The molecule has 74 valence electrons. The topological polar surface area (TPSA) is 72.6 Å². The molecule has 0 bridgehead atoms. The zero-order valence-electron chi connectivity index (χ0n) is 7.87. The Morgan fingerprint density at radius 3 is 2.54 bits per heavy atom. The van der Waals surface area contributed by atoms with Gasteiger partial charge in [-0.05, 0) is 13.8 Å². The minimum absolute atomic E-state index is 0.386. The quantitative estimate of drug-likeness (QED) is 0.499. The van der Waals surface area contributed by atoms with Crippen LogP contribution in [0.2, 0.25) is 0 Å². The lowest BCUT2D eigenvalue weighted by Crippen LogP contribution is -2.53. The molecule has 5 nitrogen and oxygen atoms in total. The van der Waals surface area contributed by atoms with E-state index in [9.17, 15) is 9.59 Å². The van der Waals surface area contributed by atoms with Crippen molar-refractivity contribution in [3.63, 3.8) is 0 Å². The maximum atomic E-state index is 11.2. The molecule has 1 fully saturated rings. The number of morpholine rings is 1. The minimum Gasteiger partial charge on any atom is -0.372 e. The first kappa shape index (κ1) is 9.98. The third-order valence-corrected chi connectivity index (χ3v) is 1.92. The van der Waals surface area contributed by atoms with Crippen LogP contribution in [0.4, 0.5) is 0 Å². The zero-order chi connectivity index (χ0) is 10.1. The van der Waals surface area contributed by atoms with Crippen LogP contribution in [-0.4, -0.2) is 42.0 Å². The first-order chi connectivity index (χ1) is 5.92. The predicted octanol–water partition coefficient (Wildman–Crippen LogP) is -0.891. The Bertz CT molecular complexity index is 238. The maximum absolute atomic E-state index is 11.2. The van der Waals surface area contributed by atoms with E-state index in [1.54, 1.807) is 0 Å². The maximum Gasteiger partial charge on any atom is 0.311 e. The molecule has 0 aromatic rings. The number of carbonyl (C=O) groups is 2. The number of hydrogen-bond donors (Lipinski definition) is 1. The second-order valence-electron chi connectivity index (χ2n) is 3.70. The lowest BCUT2D eigenvalue weighted by molar-refractivity contribution is -0.153. The summed E-state index contributed by atoms with van der Waals surface area (Å²) in [6.45, 7) is 5.03. The normalized spacial score (nSPS) is 21.2. The lowest BCUT2D eigenvalue weighted by Gasteiger charge is -2.37. The van der Waals surface area contributed by atoms with Crippen molar-refractivity contribution in [3.8, 4) is 0 Å². The fraction of sp³-hybridized carbons (Fsp3) is 0.750. The van der Waals surface area contributed by atoms with Crippen LogP contribution in [0.1, 0.15) is 13.8 Å². The summed E-state index contributed by atoms with van der Waals surface area (Å²) in [6.07, 6.45) is 0. The molecule has 13 heavy (non-hydrogen) atoms. The predicted molar refractivity (Wildman–Crippen MR) is 45.8 cm³/mol. The van der Waals surface area contributed by atoms with Gasteiger partial charge in [-0.15, -0.1) is 0 Å². The zero-order valence-corrected chi connectivity index (χ0v) is 7.87. The van der Waals surface area contributed by atoms with E-state index in [-0.39, 0.29) is 5.60 Å². The summed E-state index contributed by atoms with van der Waals surface area (Å²) >= 11 is 0. The van der Waals surface area contributed by atoms with Crippen LogP contribution in [0.3, 0.4) is 0 Å². The monoisotopic (exact) mass is 186 g/mol. The van der Waals surface area contributed by atoms with E-state index in [4.69, 9.17) is 10.5 Å². The molecule has 1 saturated heterocycles. The van der Waals surface area contributed by atoms with Gasteiger partial charge in [-0.1, -0.05) is 0 Å². The van der Waals surface area contributed by atoms with Crippen molar-refractivity contribution in [3.05, 3.63) is 0 Å². The highest BCUT2D eigenvalue weighted by molar-refractivity contribution is 6.34. The molecule has 1 aliphatic heterocycles. The average Bonchev–Trinajstić information content (AvgIpc) is 2.01. The molecule has 1 aliphatic rings. The van der Waals surface area contributed by atoms with Gasteiger partial charge in [0.25, 0.3) is 0 Å². The number of amides is 2. The number of hydrogen-bond acceptors (Lipinski definition) is 3. The molecule has 2 N–H and O–H groups in total. The molecule has 2 amide bonds. The number of carbonyl (C=O) groups excluding carboxylic acids is 2. The summed E-state index contributed by atoms with van der Waals surface area (Å²) in [5.74, 6) is -1.53. The SMILES string of the molecule is CC1(C)CN(C(=O)C(N)=O)CCO1. The largest absolute Gasteiger partial charge is 0.372 e. The van der Waals surface area contributed by atoms with Crippen molar-refractivity contribution >= 4 is 11.8 Å². The first-order valence-electron chi connectivity index (χ1n) is 4.15. The van der Waals surface area contributed by atoms with Crippen LogP contribution >= 0.6 is 0 Å². The third-order valence-electron chi connectivity index (χ3n) is 1.92. The number of nitrogens with two attached hydrogens (primary N) is 1. The van der Waals surface area contributed by atoms with Crippen LogP contribution < -0.4 is 5.73 Å². The van der Waals surface area contributed by atoms with Gasteiger partial charge >= 0.3 is 11.8 Å². The molecule has 1 rings (SSSR count). The highest BCUT2D eigenvalue weighted by Crippen LogP contribution is 2.15. The molecule has 0 aliphatic carbocycles. The summed E-state index contributed by atoms with van der Waals surface area (Å²) < 4.78 is 5.38. The standard InChI is InChI=1S/C8H14N2O3/c1-8(2)5-10(3-4-13-8)7(12)6(9)11/h3-5H2,1-2H3,(H2,9,11). The van der Waals surface area contributed by atoms with Gasteiger partial charge in [0.15, 0.2) is 0 Å². The highest BCUT2D eigenvalue weighted by Gasteiger charge is 2.31. The van der Waals surface area contributed by atoms with Gasteiger partial charge in [0.1, 0.15) is 0 Å². The van der Waals surface area contributed by atoms with E-state index < -0.39 is 11.8 Å². The van der Waals surface area contributed by atoms with Crippen LogP contribution in [0.5, 0.6) is 0 Å². The summed E-state index contributed by atoms with van der Waals surface area (Å²) in [4.78, 5) is 23.2. The Labute approximate surface area is 76.8 Å². The fourth-order valence-electron chi connectivity index (χ4n) is 1.35. The lowest BCUT2D eigenvalue weighted by atomic mass is 10.1. The summed E-state index contributed by atoms with van der Waals surface area (Å²) in [5, 5.41) is 0. The molecule has 0 aromatic heterocycles. The molecule has 1 heterocycles. The molecular weight excluding hydrogens is 172 g/mol. The van der Waals surface area contributed by atoms with Crippen LogP contribution in [0.25, 0.3) is 0 Å². The molecule has 0 aromatic carbocycles. The van der Waals surface area contributed by atoms with Gasteiger partial charge in [-0.2, -0.15) is 0 Å². The van der Waals surface area contributed by atoms with Gasteiger partial charge in [-0.25, -0.2) is 0 Å². The molecule has 0 unspecified atom stereocenters. The third kappa shape index (κ3) is 2.42. The number of nitrogens with zero attached hydrogens (tertiary/aromatic N) is 1. The van der Waals surface area contributed by atoms with Crippen molar-refractivity contribution in [1.82, 2.24) is 4.90 Å². The fourth-order valence-corrected chi connectivity index (χ4v) is 1.35. The van der Waals surface area contributed by atoms with E-state index in [1.165, 1.54) is 4.90 Å². The van der Waals surface area contributed by atoms with E-state index in [2.05, 4.69) is 0 Å². The van der Waals surface area contributed by atoms with Crippen molar-refractivity contribution in [2.24, 2.45) is 5.73 Å². The summed E-state index contributed by atoms with van der Waals surface area (Å²) in [5.41, 5.74) is 4.50. The average molecular weight is 186 g/mol. The van der Waals surface area contributed by atoms with Gasteiger partial charge in [0.05, 0.1) is 12.2 Å². The summed E-state index contributed by atoms with van der Waals surface area (Å²) in [7, 11) is 0. The molecule has 0 saturated carbocycles. The minimum atomic E-state index is -0.905. The Balaban J connectivity index is 2.62. The number of ether oxygens (including phenoxy) is 1. The van der Waals surface area contributed by atoms with Crippen molar-refractivity contribution in [2.75, 3.05) is 19.7 Å². The first-order valence-corrected chi connectivity index (χ1v) is 4.15. The molecule has 0 spiro atoms. The molecule has 0 atom stereocenters. The second-order valence-corrected chi connectivity index (χ2v) is 3.70. The Kier molecular flexibility index (Phi) is 2.56. The molecule has 5 heteroatoms.